The van der Waals surface area contributed by atoms with Gasteiger partial charge in [0, 0.05) is 13.1 Å². The van der Waals surface area contributed by atoms with Crippen molar-refractivity contribution >= 4 is 10.0 Å². The second kappa shape index (κ2) is 5.16. The minimum absolute atomic E-state index is 0.262. The van der Waals surface area contributed by atoms with E-state index >= 15 is 0 Å². The number of sulfonamides is 1. The monoisotopic (exact) mass is 254 g/mol. The first kappa shape index (κ1) is 12.5. The molecule has 2 rings (SSSR count). The van der Waals surface area contributed by atoms with Crippen LogP contribution in [0, 0.1) is 5.92 Å². The number of nitrogens with one attached hydrogen (secondary N) is 1. The van der Waals surface area contributed by atoms with Gasteiger partial charge in [0.05, 0.1) is 5.75 Å². The van der Waals surface area contributed by atoms with Gasteiger partial charge in [0.1, 0.15) is 0 Å². The van der Waals surface area contributed by atoms with Crippen LogP contribution >= 0.6 is 0 Å². The van der Waals surface area contributed by atoms with Crippen molar-refractivity contribution in [2.75, 3.05) is 5.75 Å². The van der Waals surface area contributed by atoms with Gasteiger partial charge < -0.3 is 5.73 Å². The van der Waals surface area contributed by atoms with Crippen LogP contribution in [-0.4, -0.2) is 14.2 Å². The molecule has 94 valence electrons. The van der Waals surface area contributed by atoms with Crippen molar-refractivity contribution in [3.05, 3.63) is 35.4 Å². The van der Waals surface area contributed by atoms with Gasteiger partial charge in [0.15, 0.2) is 0 Å². The predicted molar refractivity (Wildman–Crippen MR) is 67.7 cm³/mol. The minimum Gasteiger partial charge on any atom is -0.326 e. The predicted octanol–water partition coefficient (Wildman–Crippen LogP) is 0.975. The van der Waals surface area contributed by atoms with E-state index in [1.165, 1.54) is 0 Å². The van der Waals surface area contributed by atoms with E-state index < -0.39 is 10.0 Å². The van der Waals surface area contributed by atoms with Crippen molar-refractivity contribution < 1.29 is 8.42 Å². The molecule has 1 aliphatic rings. The van der Waals surface area contributed by atoms with Crippen molar-refractivity contribution in [2.24, 2.45) is 11.7 Å². The first-order chi connectivity index (χ1) is 8.11. The zero-order chi connectivity index (χ0) is 12.3. The average Bonchev–Trinajstić information content (AvgIpc) is 3.10. The molecule has 1 aromatic rings. The summed E-state index contributed by atoms with van der Waals surface area (Å²) in [5.74, 6) is 0.634. The fourth-order valence-electron chi connectivity index (χ4n) is 1.77. The van der Waals surface area contributed by atoms with Crippen LogP contribution < -0.4 is 10.5 Å². The molecule has 0 bridgehead atoms. The second-order valence-corrected chi connectivity index (χ2v) is 6.37. The fourth-order valence-corrected chi connectivity index (χ4v) is 3.22. The maximum absolute atomic E-state index is 11.7. The van der Waals surface area contributed by atoms with Gasteiger partial charge in [-0.3, -0.25) is 0 Å². The summed E-state index contributed by atoms with van der Waals surface area (Å²) in [6.45, 7) is 0.767. The summed E-state index contributed by atoms with van der Waals surface area (Å²) in [6, 6.07) is 7.63. The molecule has 0 saturated heterocycles. The number of hydrogen-bond donors (Lipinski definition) is 2. The average molecular weight is 254 g/mol. The third-order valence-corrected chi connectivity index (χ3v) is 4.47. The lowest BCUT2D eigenvalue weighted by Gasteiger charge is -2.09. The summed E-state index contributed by atoms with van der Waals surface area (Å²) in [4.78, 5) is 0. The molecule has 1 saturated carbocycles. The summed E-state index contributed by atoms with van der Waals surface area (Å²) in [6.07, 6.45) is 2.08. The lowest BCUT2D eigenvalue weighted by atomic mass is 10.1. The maximum atomic E-state index is 11.7. The lowest BCUT2D eigenvalue weighted by molar-refractivity contribution is 0.577. The van der Waals surface area contributed by atoms with Crippen LogP contribution in [0.1, 0.15) is 24.0 Å². The molecule has 5 heteroatoms. The topological polar surface area (TPSA) is 72.2 Å². The second-order valence-electron chi connectivity index (χ2n) is 4.52. The third kappa shape index (κ3) is 3.80. The largest absolute Gasteiger partial charge is 0.326 e. The molecule has 17 heavy (non-hydrogen) atoms. The van der Waals surface area contributed by atoms with E-state index in [1.54, 1.807) is 0 Å². The molecule has 0 spiro atoms. The van der Waals surface area contributed by atoms with Crippen molar-refractivity contribution in [1.82, 2.24) is 4.72 Å². The van der Waals surface area contributed by atoms with Crippen molar-refractivity contribution in [3.63, 3.8) is 0 Å². The molecule has 0 unspecified atom stereocenters. The van der Waals surface area contributed by atoms with Gasteiger partial charge in [-0.1, -0.05) is 24.3 Å². The first-order valence-corrected chi connectivity index (χ1v) is 7.50. The molecule has 0 radical (unpaired) electrons. The number of hydrogen-bond acceptors (Lipinski definition) is 3. The van der Waals surface area contributed by atoms with Crippen molar-refractivity contribution in [3.8, 4) is 0 Å². The zero-order valence-electron chi connectivity index (χ0n) is 9.72. The molecule has 0 heterocycles. The van der Waals surface area contributed by atoms with Gasteiger partial charge in [-0.25, -0.2) is 13.1 Å². The number of nitrogens with two attached hydrogens (primary N) is 1. The third-order valence-electron chi connectivity index (χ3n) is 2.97. The number of benzene rings is 1. The fraction of sp³-hybridized carbons (Fsp3) is 0.500. The van der Waals surface area contributed by atoms with E-state index in [0.29, 0.717) is 19.0 Å². The van der Waals surface area contributed by atoms with Crippen molar-refractivity contribution in [2.45, 2.75) is 25.9 Å². The molecular formula is C12H18N2O2S. The van der Waals surface area contributed by atoms with Gasteiger partial charge in [0.2, 0.25) is 10.0 Å². The van der Waals surface area contributed by atoms with E-state index in [9.17, 15) is 8.42 Å². The van der Waals surface area contributed by atoms with E-state index in [2.05, 4.69) is 4.72 Å². The molecule has 1 fully saturated rings. The molecule has 0 amide bonds. The molecule has 1 aliphatic carbocycles. The Bertz CT molecular complexity index is 481. The zero-order valence-corrected chi connectivity index (χ0v) is 10.5. The highest BCUT2D eigenvalue weighted by atomic mass is 32.2. The Morgan fingerprint density at radius 1 is 1.24 bits per heavy atom. The van der Waals surface area contributed by atoms with Crippen molar-refractivity contribution in [1.29, 1.82) is 0 Å². The van der Waals surface area contributed by atoms with Crippen LogP contribution in [0.4, 0.5) is 0 Å². The molecule has 4 nitrogen and oxygen atoms in total. The van der Waals surface area contributed by atoms with Gasteiger partial charge in [-0.05, 0) is 29.9 Å². The lowest BCUT2D eigenvalue weighted by Crippen LogP contribution is -2.27. The highest BCUT2D eigenvalue weighted by Gasteiger charge is 2.27. The summed E-state index contributed by atoms with van der Waals surface area (Å²) >= 11 is 0. The molecule has 1 aromatic carbocycles. The van der Waals surface area contributed by atoms with Crippen LogP contribution in [0.2, 0.25) is 0 Å². The molecular weight excluding hydrogens is 236 g/mol. The van der Waals surface area contributed by atoms with E-state index in [-0.39, 0.29) is 5.75 Å². The highest BCUT2D eigenvalue weighted by molar-refractivity contribution is 7.89. The summed E-state index contributed by atoms with van der Waals surface area (Å²) < 4.78 is 26.1. The minimum atomic E-state index is -3.13. The van der Waals surface area contributed by atoms with Crippen LogP contribution in [0.3, 0.4) is 0 Å². The Hall–Kier alpha value is -0.910. The van der Waals surface area contributed by atoms with E-state index in [4.69, 9.17) is 5.73 Å². The Balaban J connectivity index is 1.96. The van der Waals surface area contributed by atoms with E-state index in [1.807, 2.05) is 24.3 Å². The first-order valence-electron chi connectivity index (χ1n) is 5.85. The summed E-state index contributed by atoms with van der Waals surface area (Å²) in [5.41, 5.74) is 7.54. The Kier molecular flexibility index (Phi) is 3.81. The molecule has 0 aliphatic heterocycles. The normalized spacial score (nSPS) is 16.1. The molecule has 3 N–H and O–H groups in total. The van der Waals surface area contributed by atoms with Gasteiger partial charge in [0.25, 0.3) is 0 Å². The van der Waals surface area contributed by atoms with Crippen LogP contribution in [0.25, 0.3) is 0 Å². The van der Waals surface area contributed by atoms with E-state index in [0.717, 1.165) is 24.0 Å². The molecule has 0 aromatic heterocycles. The summed E-state index contributed by atoms with van der Waals surface area (Å²) in [7, 11) is -3.13. The van der Waals surface area contributed by atoms with Crippen LogP contribution in [0.15, 0.2) is 24.3 Å². The van der Waals surface area contributed by atoms with Gasteiger partial charge in [-0.2, -0.15) is 0 Å². The Labute approximate surface area is 102 Å². The van der Waals surface area contributed by atoms with Gasteiger partial charge >= 0.3 is 0 Å². The number of rotatable bonds is 6. The quantitative estimate of drug-likeness (QED) is 0.794. The highest BCUT2D eigenvalue weighted by Crippen LogP contribution is 2.30. The van der Waals surface area contributed by atoms with Crippen LogP contribution in [-0.2, 0) is 23.1 Å². The van der Waals surface area contributed by atoms with Crippen LogP contribution in [0.5, 0.6) is 0 Å². The smallest absolute Gasteiger partial charge is 0.212 e. The SMILES string of the molecule is NCc1ccccc1CNS(=O)(=O)CC1CC1. The van der Waals surface area contributed by atoms with Gasteiger partial charge in [-0.15, -0.1) is 0 Å². The Morgan fingerprint density at radius 2 is 1.88 bits per heavy atom. The summed E-state index contributed by atoms with van der Waals surface area (Å²) in [5, 5.41) is 0. The standard InChI is InChI=1S/C12H18N2O2S/c13-7-11-3-1-2-4-12(11)8-14-17(15,16)9-10-5-6-10/h1-4,10,14H,5-9,13H2. The molecule has 0 atom stereocenters. The maximum Gasteiger partial charge on any atom is 0.212 e. The Morgan fingerprint density at radius 3 is 2.47 bits per heavy atom.